The van der Waals surface area contributed by atoms with E-state index in [1.54, 1.807) is 12.1 Å². The molecule has 0 aliphatic carbocycles. The van der Waals surface area contributed by atoms with Gasteiger partial charge in [0.05, 0.1) is 4.47 Å². The van der Waals surface area contributed by atoms with Crippen LogP contribution in [0.1, 0.15) is 25.5 Å². The lowest BCUT2D eigenvalue weighted by molar-refractivity contribution is 0.477. The monoisotopic (exact) mass is 337 g/mol. The van der Waals surface area contributed by atoms with Gasteiger partial charge in [0.15, 0.2) is 0 Å². The van der Waals surface area contributed by atoms with Crippen LogP contribution in [0.3, 0.4) is 0 Å². The molecule has 0 radical (unpaired) electrons. The second-order valence-electron chi connectivity index (χ2n) is 4.53. The van der Waals surface area contributed by atoms with Crippen molar-refractivity contribution >= 4 is 15.9 Å². The molecule has 0 fully saturated rings. The minimum absolute atomic E-state index is 0.267. The minimum atomic E-state index is -0.299. The Hall–Kier alpha value is -1.39. The molecule has 106 valence electrons. The molecule has 1 N–H and O–H groups in total. The van der Waals surface area contributed by atoms with Crippen molar-refractivity contribution in [3.8, 4) is 11.5 Å². The number of hydrogen-bond donors (Lipinski definition) is 1. The Kier molecular flexibility index (Phi) is 5.15. The zero-order valence-corrected chi connectivity index (χ0v) is 13.1. The molecule has 0 saturated heterocycles. The first kappa shape index (κ1) is 15.0. The van der Waals surface area contributed by atoms with Crippen molar-refractivity contribution in [2.24, 2.45) is 0 Å². The van der Waals surface area contributed by atoms with Crippen molar-refractivity contribution in [3.05, 3.63) is 58.3 Å². The van der Waals surface area contributed by atoms with E-state index in [2.05, 4.69) is 41.2 Å². The van der Waals surface area contributed by atoms with Crippen molar-refractivity contribution in [1.29, 1.82) is 0 Å². The van der Waals surface area contributed by atoms with E-state index >= 15 is 0 Å². The van der Waals surface area contributed by atoms with Gasteiger partial charge in [-0.1, -0.05) is 19.1 Å². The number of benzene rings is 2. The fraction of sp³-hybridized carbons (Fsp3) is 0.250. The van der Waals surface area contributed by atoms with Crippen LogP contribution in [0.25, 0.3) is 0 Å². The standard InChI is InChI=1S/C16H17BrFNO/c1-3-19-11(2)12-5-4-6-13(9-12)20-14-7-8-16(18)15(17)10-14/h4-11,19H,3H2,1-2H3. The first-order chi connectivity index (χ1) is 9.60. The topological polar surface area (TPSA) is 21.3 Å². The highest BCUT2D eigenvalue weighted by Gasteiger charge is 2.06. The van der Waals surface area contributed by atoms with Crippen LogP contribution in [-0.2, 0) is 0 Å². The normalized spacial score (nSPS) is 12.2. The number of nitrogens with one attached hydrogen (secondary N) is 1. The van der Waals surface area contributed by atoms with Gasteiger partial charge in [-0.25, -0.2) is 4.39 Å². The lowest BCUT2D eigenvalue weighted by Gasteiger charge is -2.14. The highest BCUT2D eigenvalue weighted by Crippen LogP contribution is 2.27. The molecule has 4 heteroatoms. The van der Waals surface area contributed by atoms with Crippen LogP contribution in [0.15, 0.2) is 46.9 Å². The second kappa shape index (κ2) is 6.86. The van der Waals surface area contributed by atoms with Gasteiger partial charge in [-0.15, -0.1) is 0 Å². The number of ether oxygens (including phenoxy) is 1. The fourth-order valence-electron chi connectivity index (χ4n) is 1.95. The molecule has 0 heterocycles. The molecular formula is C16H17BrFNO. The molecule has 0 saturated carbocycles. The average Bonchev–Trinajstić information content (AvgIpc) is 2.43. The maximum Gasteiger partial charge on any atom is 0.137 e. The SMILES string of the molecule is CCNC(C)c1cccc(Oc2ccc(F)c(Br)c2)c1. The summed E-state index contributed by atoms with van der Waals surface area (Å²) in [4.78, 5) is 0. The van der Waals surface area contributed by atoms with Crippen molar-refractivity contribution in [1.82, 2.24) is 5.32 Å². The molecule has 1 atom stereocenters. The van der Waals surface area contributed by atoms with E-state index in [1.165, 1.54) is 6.07 Å². The van der Waals surface area contributed by atoms with Crippen LogP contribution in [0.4, 0.5) is 4.39 Å². The predicted octanol–water partition coefficient (Wildman–Crippen LogP) is 5.05. The summed E-state index contributed by atoms with van der Waals surface area (Å²) < 4.78 is 19.3. The highest BCUT2D eigenvalue weighted by molar-refractivity contribution is 9.10. The van der Waals surface area contributed by atoms with E-state index < -0.39 is 0 Å². The minimum Gasteiger partial charge on any atom is -0.457 e. The Morgan fingerprint density at radius 2 is 1.95 bits per heavy atom. The van der Waals surface area contributed by atoms with Gasteiger partial charge in [-0.2, -0.15) is 0 Å². The summed E-state index contributed by atoms with van der Waals surface area (Å²) in [6.07, 6.45) is 0. The molecule has 2 aromatic carbocycles. The summed E-state index contributed by atoms with van der Waals surface area (Å²) in [5.74, 6) is 1.05. The summed E-state index contributed by atoms with van der Waals surface area (Å²) >= 11 is 3.15. The van der Waals surface area contributed by atoms with Crippen LogP contribution in [0.5, 0.6) is 11.5 Å². The predicted molar refractivity (Wildman–Crippen MR) is 82.7 cm³/mol. The van der Waals surface area contributed by atoms with Crippen molar-refractivity contribution in [3.63, 3.8) is 0 Å². The van der Waals surface area contributed by atoms with Crippen LogP contribution in [0.2, 0.25) is 0 Å². The molecule has 0 aromatic heterocycles. The third kappa shape index (κ3) is 3.81. The first-order valence-electron chi connectivity index (χ1n) is 6.56. The number of halogens is 2. The molecule has 2 aromatic rings. The van der Waals surface area contributed by atoms with Crippen LogP contribution >= 0.6 is 15.9 Å². The van der Waals surface area contributed by atoms with Gasteiger partial charge in [0.2, 0.25) is 0 Å². The summed E-state index contributed by atoms with van der Waals surface area (Å²) in [6, 6.07) is 12.8. The summed E-state index contributed by atoms with van der Waals surface area (Å²) in [6.45, 7) is 5.10. The molecule has 20 heavy (non-hydrogen) atoms. The van der Waals surface area contributed by atoms with Crippen LogP contribution in [-0.4, -0.2) is 6.54 Å². The molecule has 2 nitrogen and oxygen atoms in total. The third-order valence-electron chi connectivity index (χ3n) is 3.00. The third-order valence-corrected chi connectivity index (χ3v) is 3.60. The smallest absolute Gasteiger partial charge is 0.137 e. The van der Waals surface area contributed by atoms with E-state index in [4.69, 9.17) is 4.74 Å². The fourth-order valence-corrected chi connectivity index (χ4v) is 2.31. The van der Waals surface area contributed by atoms with E-state index in [-0.39, 0.29) is 11.9 Å². The maximum atomic E-state index is 13.2. The van der Waals surface area contributed by atoms with Gasteiger partial charge in [0, 0.05) is 6.04 Å². The van der Waals surface area contributed by atoms with Gasteiger partial charge < -0.3 is 10.1 Å². The largest absolute Gasteiger partial charge is 0.457 e. The van der Waals surface area contributed by atoms with Gasteiger partial charge in [0.25, 0.3) is 0 Å². The quantitative estimate of drug-likeness (QED) is 0.824. The van der Waals surface area contributed by atoms with Gasteiger partial charge in [0.1, 0.15) is 17.3 Å². The van der Waals surface area contributed by atoms with E-state index in [0.29, 0.717) is 10.2 Å². The zero-order chi connectivity index (χ0) is 14.5. The summed E-state index contributed by atoms with van der Waals surface area (Å²) in [5.41, 5.74) is 1.16. The average molecular weight is 338 g/mol. The Bertz CT molecular complexity index is 588. The van der Waals surface area contributed by atoms with Crippen molar-refractivity contribution in [2.45, 2.75) is 19.9 Å². The second-order valence-corrected chi connectivity index (χ2v) is 5.38. The zero-order valence-electron chi connectivity index (χ0n) is 11.5. The Balaban J connectivity index is 2.16. The Morgan fingerprint density at radius 3 is 2.65 bits per heavy atom. The maximum absolute atomic E-state index is 13.2. The number of rotatable bonds is 5. The molecule has 0 bridgehead atoms. The van der Waals surface area contributed by atoms with Gasteiger partial charge >= 0.3 is 0 Å². The lowest BCUT2D eigenvalue weighted by atomic mass is 10.1. The number of hydrogen-bond acceptors (Lipinski definition) is 2. The first-order valence-corrected chi connectivity index (χ1v) is 7.35. The van der Waals surface area contributed by atoms with Gasteiger partial charge in [-0.05, 0) is 65.3 Å². The molecule has 0 amide bonds. The lowest BCUT2D eigenvalue weighted by Crippen LogP contribution is -2.17. The van der Waals surface area contributed by atoms with E-state index in [9.17, 15) is 4.39 Å². The van der Waals surface area contributed by atoms with Gasteiger partial charge in [-0.3, -0.25) is 0 Å². The molecule has 1 unspecified atom stereocenters. The molecule has 2 rings (SSSR count). The van der Waals surface area contributed by atoms with Crippen LogP contribution < -0.4 is 10.1 Å². The van der Waals surface area contributed by atoms with E-state index in [1.807, 2.05) is 18.2 Å². The highest BCUT2D eigenvalue weighted by atomic mass is 79.9. The molecule has 0 spiro atoms. The summed E-state index contributed by atoms with van der Waals surface area (Å²) in [5, 5.41) is 3.36. The summed E-state index contributed by atoms with van der Waals surface area (Å²) in [7, 11) is 0. The van der Waals surface area contributed by atoms with E-state index in [0.717, 1.165) is 17.9 Å². The van der Waals surface area contributed by atoms with Crippen molar-refractivity contribution < 1.29 is 9.13 Å². The molecule has 0 aliphatic heterocycles. The Morgan fingerprint density at radius 1 is 1.20 bits per heavy atom. The van der Waals surface area contributed by atoms with Crippen molar-refractivity contribution in [2.75, 3.05) is 6.54 Å². The molecular weight excluding hydrogens is 321 g/mol. The van der Waals surface area contributed by atoms with Crippen LogP contribution in [0, 0.1) is 5.82 Å². The molecule has 0 aliphatic rings. The Labute approximate surface area is 127 Å².